The summed E-state index contributed by atoms with van der Waals surface area (Å²) in [6, 6.07) is 17.0. The summed E-state index contributed by atoms with van der Waals surface area (Å²) in [6.45, 7) is 12.5. The van der Waals surface area contributed by atoms with Gasteiger partial charge in [0.25, 0.3) is 0 Å². The molecule has 23 heteroatoms. The second-order valence-corrected chi connectivity index (χ2v) is 26.7. The number of Topliss-reactive ketones (excluding diaryl/α,β-unsaturated/α-hetero) is 1. The number of carbonyl (C=O) groups excluding carboxylic acids is 7. The lowest BCUT2D eigenvalue weighted by atomic mass is 9.35. The number of aromatic nitrogens is 3. The van der Waals surface area contributed by atoms with Crippen LogP contribution in [0.1, 0.15) is 120 Å². The number of rotatable bonds is 12. The normalized spacial score (nSPS) is 43.0. The minimum Gasteiger partial charge on any atom is -0.508 e. The maximum Gasteiger partial charge on any atom is 0.341 e. The first kappa shape index (κ1) is 55.1. The number of hydrogen-bond donors (Lipinski definition) is 3. The van der Waals surface area contributed by atoms with Crippen LogP contribution in [0.2, 0.25) is 0 Å². The quantitative estimate of drug-likeness (QED) is 0.0722. The summed E-state index contributed by atoms with van der Waals surface area (Å²) in [7, 11) is 0. The van der Waals surface area contributed by atoms with Crippen molar-refractivity contribution < 1.29 is 96.2 Å². The zero-order valence-corrected chi connectivity index (χ0v) is 48.4. The summed E-state index contributed by atoms with van der Waals surface area (Å²) in [5, 5.41) is 45.4. The van der Waals surface area contributed by atoms with Gasteiger partial charge < -0.3 is 62.7 Å². The number of ether oxygens (including phenoxy) is 10. The summed E-state index contributed by atoms with van der Waals surface area (Å²) < 4.78 is 64.4. The Morgan fingerprint density at radius 2 is 1.53 bits per heavy atom. The number of ketones is 1. The van der Waals surface area contributed by atoms with Gasteiger partial charge in [0.1, 0.15) is 65.8 Å². The van der Waals surface area contributed by atoms with Crippen LogP contribution in [-0.4, -0.2) is 132 Å². The lowest BCUT2D eigenvalue weighted by Gasteiger charge is -2.68. The number of esters is 6. The zero-order valence-electron chi connectivity index (χ0n) is 48.4. The molecule has 23 nitrogen and oxygen atoms in total. The predicted molar refractivity (Wildman–Crippen MR) is 287 cm³/mol. The minimum absolute atomic E-state index is 0.00773. The average Bonchev–Trinajstić information content (AvgIpc) is 1.40. The molecule has 5 aliphatic heterocycles. The standard InChI is InChI=1S/C63H65N3O20/c1-27-50-63(84-50)58(7,59(8,75)55(74)86-63)54-60(27)26-61(54,76)49-43-44(48(78-28(2)67)52(57(49,60)6)80-30(4)69)56(5)38(23-41-46(82-41)51(56)79-29(3)68)45(72)47(43)83-42(71)15-11-12-20-66-24-31(64-65-66)25-77-33-17-19-37-40(22-33)81-39-21-32(70)16-18-36(39)62(37)35-14-10-9-13-34(35)53(73)85-62/h9-10,13-14,16-19,21-22,24,27,38,41,43-44,46-52,54,70,75-76H,11-12,15,20,23,25-26H2,1-8H3/t27-,38-,41+,43+,44-,46+,47-,48+,49+,50-,51+,52+,54+,56+,57-,58+,59-,60+,61+,62?,63+/m1/s1. The number of aromatic hydroxyl groups is 1. The highest BCUT2D eigenvalue weighted by molar-refractivity contribution is 5.97. The SMILES string of the molecule is CC(=O)O[C@H]1[C@H]2[C@H]([C@@H]3[C@@]4(O)C[C@@]5([C@H](C)[C@H]6O[C@]67OC(=O)[C@@](C)(O)[C@]7(C)[C@H]45)[C@@]3(C)[C@H]1OC(C)=O)[C@@H](OC(=O)CCCCn1cc(COc3ccc4c(c3)Oc3cc(O)ccc3C43OC(=O)c4ccccc43)nn1)C(=O)[C@H]1C[C@@H]3O[C@@H]3[C@H](OC(C)=O)[C@]21C. The van der Waals surface area contributed by atoms with Gasteiger partial charge in [0.15, 0.2) is 23.1 Å². The highest BCUT2D eigenvalue weighted by atomic mass is 16.8. The van der Waals surface area contributed by atoms with Crippen LogP contribution in [0.3, 0.4) is 0 Å². The van der Waals surface area contributed by atoms with Gasteiger partial charge in [-0.2, -0.15) is 0 Å². The topological polar surface area (TPSA) is 310 Å². The van der Waals surface area contributed by atoms with Gasteiger partial charge in [0.2, 0.25) is 5.79 Å². The number of nitrogens with zero attached hydrogens (tertiary/aromatic N) is 3. The molecule has 0 radical (unpaired) electrons. The van der Waals surface area contributed by atoms with Crippen molar-refractivity contribution in [2.75, 3.05) is 0 Å². The van der Waals surface area contributed by atoms with Crippen molar-refractivity contribution >= 4 is 41.6 Å². The van der Waals surface area contributed by atoms with Gasteiger partial charge in [0, 0.05) is 103 Å². The Morgan fingerprint density at radius 1 is 0.826 bits per heavy atom. The molecule has 1 aromatic heterocycles. The largest absolute Gasteiger partial charge is 0.508 e. The molecule has 4 aromatic rings. The van der Waals surface area contributed by atoms with E-state index >= 15 is 4.79 Å². The van der Waals surface area contributed by atoms with Crippen molar-refractivity contribution in [3.8, 4) is 23.0 Å². The molecule has 15 rings (SSSR count). The molecule has 9 fully saturated rings. The molecule has 6 aliphatic carbocycles. The van der Waals surface area contributed by atoms with Crippen LogP contribution in [0.15, 0.2) is 66.9 Å². The highest BCUT2D eigenvalue weighted by Crippen LogP contribution is 2.93. The van der Waals surface area contributed by atoms with Crippen LogP contribution in [-0.2, 0) is 85.4 Å². The molecule has 1 unspecified atom stereocenters. The number of unbranched alkanes of at least 4 members (excludes halogenated alkanes) is 1. The Morgan fingerprint density at radius 3 is 2.28 bits per heavy atom. The summed E-state index contributed by atoms with van der Waals surface area (Å²) in [5.74, 6) is -11.4. The monoisotopic (exact) mass is 1180 g/mol. The first-order valence-electron chi connectivity index (χ1n) is 29.5. The van der Waals surface area contributed by atoms with Crippen molar-refractivity contribution in [2.45, 2.75) is 166 Å². The molecule has 6 saturated carbocycles. The van der Waals surface area contributed by atoms with E-state index in [0.29, 0.717) is 58.2 Å². The van der Waals surface area contributed by atoms with E-state index in [9.17, 15) is 44.1 Å². The van der Waals surface area contributed by atoms with Gasteiger partial charge in [-0.1, -0.05) is 44.2 Å². The molecule has 2 bridgehead atoms. The molecule has 3 aromatic carbocycles. The predicted octanol–water partition coefficient (Wildman–Crippen LogP) is 5.06. The number of epoxide rings is 2. The van der Waals surface area contributed by atoms with E-state index in [-0.39, 0.29) is 38.0 Å². The van der Waals surface area contributed by atoms with Gasteiger partial charge in [-0.15, -0.1) is 5.10 Å². The molecule has 3 saturated heterocycles. The van der Waals surface area contributed by atoms with Crippen molar-refractivity contribution in [3.63, 3.8) is 0 Å². The number of benzene rings is 3. The van der Waals surface area contributed by atoms with Gasteiger partial charge in [-0.3, -0.25) is 28.7 Å². The summed E-state index contributed by atoms with van der Waals surface area (Å²) >= 11 is 0. The third-order valence-electron chi connectivity index (χ3n) is 22.9. The third kappa shape index (κ3) is 6.63. The molecule has 2 spiro atoms. The summed E-state index contributed by atoms with van der Waals surface area (Å²) in [5.41, 5.74) is -8.47. The lowest BCUT2D eigenvalue weighted by molar-refractivity contribution is -0.295. The van der Waals surface area contributed by atoms with E-state index in [1.807, 2.05) is 26.0 Å². The van der Waals surface area contributed by atoms with E-state index in [2.05, 4.69) is 10.3 Å². The maximum absolute atomic E-state index is 15.8. The molecule has 3 N–H and O–H groups in total. The molecular formula is C63H65N3O20. The highest BCUT2D eigenvalue weighted by Gasteiger charge is 3.02. The summed E-state index contributed by atoms with van der Waals surface area (Å²) in [6.07, 6.45) is -4.97. The zero-order chi connectivity index (χ0) is 60.5. The van der Waals surface area contributed by atoms with Crippen LogP contribution in [0.4, 0.5) is 0 Å². The van der Waals surface area contributed by atoms with E-state index < -0.39 is 164 Å². The number of aryl methyl sites for hydroxylation is 1. The molecule has 21 atom stereocenters. The molecule has 6 heterocycles. The Hall–Kier alpha value is -7.47. The van der Waals surface area contributed by atoms with E-state index in [1.165, 1.54) is 39.8 Å². The van der Waals surface area contributed by atoms with Crippen molar-refractivity contribution in [2.24, 2.45) is 57.2 Å². The fourth-order valence-corrected chi connectivity index (χ4v) is 19.7. The fraction of sp³-hybridized carbons (Fsp3) is 0.571. The summed E-state index contributed by atoms with van der Waals surface area (Å²) in [4.78, 5) is 98.0. The van der Waals surface area contributed by atoms with Crippen molar-refractivity contribution in [3.05, 3.63) is 94.8 Å². The maximum atomic E-state index is 15.8. The number of carbonyl (C=O) groups is 7. The Labute approximate surface area is 492 Å². The Bertz CT molecular complexity index is 3710. The van der Waals surface area contributed by atoms with Crippen LogP contribution < -0.4 is 9.47 Å². The second kappa shape index (κ2) is 17.6. The fourth-order valence-electron chi connectivity index (χ4n) is 19.7. The van der Waals surface area contributed by atoms with Gasteiger partial charge in [-0.25, -0.2) is 9.59 Å². The molecule has 452 valence electrons. The van der Waals surface area contributed by atoms with E-state index in [0.717, 1.165) is 0 Å². The Balaban J connectivity index is 0.700. The smallest absolute Gasteiger partial charge is 0.341 e. The number of fused-ring (bicyclic) bond motifs is 13. The average molecular weight is 1180 g/mol. The first-order chi connectivity index (χ1) is 40.7. The van der Waals surface area contributed by atoms with Crippen LogP contribution in [0.25, 0.3) is 0 Å². The lowest BCUT2D eigenvalue weighted by Crippen LogP contribution is -2.75. The van der Waals surface area contributed by atoms with Crippen LogP contribution in [0, 0.1) is 57.2 Å². The Kier molecular flexibility index (Phi) is 11.3. The first-order valence-corrected chi connectivity index (χ1v) is 29.5. The van der Waals surface area contributed by atoms with Gasteiger partial charge >= 0.3 is 35.8 Å². The third-order valence-corrected chi connectivity index (χ3v) is 22.9. The number of aliphatic hydroxyl groups is 2. The van der Waals surface area contributed by atoms with Crippen LogP contribution >= 0.6 is 0 Å². The van der Waals surface area contributed by atoms with E-state index in [4.69, 9.17) is 47.4 Å². The van der Waals surface area contributed by atoms with Crippen molar-refractivity contribution in [1.29, 1.82) is 0 Å². The number of phenolic OH excluding ortho intramolecular Hbond substituents is 1. The molecule has 11 aliphatic rings. The molecular weight excluding hydrogens is 1120 g/mol. The molecule has 86 heavy (non-hydrogen) atoms. The van der Waals surface area contributed by atoms with Gasteiger partial charge in [0.05, 0.1) is 28.9 Å². The molecule has 0 amide bonds. The van der Waals surface area contributed by atoms with Crippen molar-refractivity contribution in [1.82, 2.24) is 15.0 Å². The minimum atomic E-state index is -2.22. The van der Waals surface area contributed by atoms with Gasteiger partial charge in [-0.05, 0) is 81.2 Å². The number of phenols is 1. The van der Waals surface area contributed by atoms with E-state index in [1.54, 1.807) is 61.1 Å². The second-order valence-electron chi connectivity index (χ2n) is 26.7. The van der Waals surface area contributed by atoms with Crippen LogP contribution in [0.5, 0.6) is 23.0 Å². The number of hydrogen-bond acceptors (Lipinski definition) is 22.